The van der Waals surface area contributed by atoms with Gasteiger partial charge in [0.05, 0.1) is 5.69 Å². The van der Waals surface area contributed by atoms with E-state index in [-0.39, 0.29) is 18.2 Å². The summed E-state index contributed by atoms with van der Waals surface area (Å²) in [5, 5.41) is 3.46. The summed E-state index contributed by atoms with van der Waals surface area (Å²) < 4.78 is 0.899. The van der Waals surface area contributed by atoms with E-state index < -0.39 is 5.25 Å². The van der Waals surface area contributed by atoms with Gasteiger partial charge in [0, 0.05) is 23.1 Å². The second kappa shape index (κ2) is 8.92. The van der Waals surface area contributed by atoms with E-state index in [0.29, 0.717) is 17.4 Å². The molecule has 2 amide bonds. The average Bonchev–Trinajstić information content (AvgIpc) is 2.93. The standard InChI is InChI=1S/C21H22BrN3O2S/c1-4-23-21(24-16-8-5-13(2)14(3)11-16)28-18-12-19(26)25(20(18)27)17-9-6-15(22)7-10-17/h5-11,18H,4,12H2,1-3H3,(H,23,24)/t18-/m0/s1. The summed E-state index contributed by atoms with van der Waals surface area (Å²) >= 11 is 4.68. The molecule has 1 atom stereocenters. The van der Waals surface area contributed by atoms with Gasteiger partial charge in [-0.25, -0.2) is 4.90 Å². The molecule has 0 radical (unpaired) electrons. The number of hydrogen-bond donors (Lipinski definition) is 1. The molecule has 7 heteroatoms. The van der Waals surface area contributed by atoms with Gasteiger partial charge >= 0.3 is 0 Å². The van der Waals surface area contributed by atoms with Crippen molar-refractivity contribution in [2.45, 2.75) is 32.4 Å². The molecule has 1 N–H and O–H groups in total. The van der Waals surface area contributed by atoms with Gasteiger partial charge in [-0.15, -0.1) is 0 Å². The number of amidine groups is 1. The van der Waals surface area contributed by atoms with Crippen molar-refractivity contribution in [1.82, 2.24) is 0 Å². The van der Waals surface area contributed by atoms with E-state index in [4.69, 9.17) is 0 Å². The predicted octanol–water partition coefficient (Wildman–Crippen LogP) is 4.92. The summed E-state index contributed by atoms with van der Waals surface area (Å²) in [6.07, 6.45) is 0.164. The molecule has 3 rings (SSSR count). The molecular weight excluding hydrogens is 438 g/mol. The van der Waals surface area contributed by atoms with Gasteiger partial charge in [0.2, 0.25) is 11.8 Å². The first-order valence-corrected chi connectivity index (χ1v) is 10.7. The van der Waals surface area contributed by atoms with Crippen LogP contribution in [0.3, 0.4) is 0 Å². The Morgan fingerprint density at radius 2 is 1.89 bits per heavy atom. The van der Waals surface area contributed by atoms with Crippen LogP contribution in [0.5, 0.6) is 0 Å². The van der Waals surface area contributed by atoms with Crippen LogP contribution in [0.15, 0.2) is 51.9 Å². The van der Waals surface area contributed by atoms with Crippen LogP contribution in [0.1, 0.15) is 24.5 Å². The van der Waals surface area contributed by atoms with Gasteiger partial charge in [0.15, 0.2) is 5.17 Å². The van der Waals surface area contributed by atoms with E-state index in [9.17, 15) is 9.59 Å². The minimum atomic E-state index is -0.486. The molecule has 0 aromatic heterocycles. The first-order chi connectivity index (χ1) is 13.4. The highest BCUT2D eigenvalue weighted by Gasteiger charge is 2.40. The summed E-state index contributed by atoms with van der Waals surface area (Å²) in [7, 11) is 0. The van der Waals surface area contributed by atoms with Crippen LogP contribution in [0.2, 0.25) is 0 Å². The Balaban J connectivity index is 1.75. The monoisotopic (exact) mass is 459 g/mol. The topological polar surface area (TPSA) is 61.8 Å². The Hall–Kier alpha value is -2.12. The van der Waals surface area contributed by atoms with Gasteiger partial charge < -0.3 is 5.32 Å². The Morgan fingerprint density at radius 3 is 2.54 bits per heavy atom. The molecule has 1 fully saturated rings. The molecular formula is C21H22BrN3O2S. The van der Waals surface area contributed by atoms with Crippen molar-refractivity contribution < 1.29 is 9.59 Å². The number of carbonyl (C=O) groups is 2. The van der Waals surface area contributed by atoms with Crippen LogP contribution in [0.4, 0.5) is 11.4 Å². The zero-order valence-corrected chi connectivity index (χ0v) is 18.4. The van der Waals surface area contributed by atoms with E-state index in [1.165, 1.54) is 27.8 Å². The maximum atomic E-state index is 12.9. The van der Waals surface area contributed by atoms with E-state index >= 15 is 0 Å². The smallest absolute Gasteiger partial charge is 0.247 e. The molecule has 0 bridgehead atoms. The maximum Gasteiger partial charge on any atom is 0.247 e. The number of nitrogens with one attached hydrogen (secondary N) is 1. The zero-order chi connectivity index (χ0) is 20.3. The lowest BCUT2D eigenvalue weighted by Gasteiger charge is -2.16. The van der Waals surface area contributed by atoms with E-state index in [1.54, 1.807) is 12.1 Å². The van der Waals surface area contributed by atoms with E-state index in [0.717, 1.165) is 10.2 Å². The minimum Gasteiger partial charge on any atom is -0.335 e. The third kappa shape index (κ3) is 4.64. The van der Waals surface area contributed by atoms with Crippen molar-refractivity contribution in [3.8, 4) is 0 Å². The fraction of sp³-hybridized carbons (Fsp3) is 0.286. The molecule has 0 saturated carbocycles. The normalized spacial score (nSPS) is 17.4. The number of amides is 2. The molecule has 1 saturated heterocycles. The van der Waals surface area contributed by atoms with Gasteiger partial charge in [0.25, 0.3) is 0 Å². The quantitative estimate of drug-likeness (QED) is 0.400. The molecule has 2 aromatic carbocycles. The number of rotatable bonds is 4. The number of aryl methyl sites for hydroxylation is 2. The molecule has 1 heterocycles. The average molecular weight is 460 g/mol. The van der Waals surface area contributed by atoms with Crippen molar-refractivity contribution in [2.24, 2.45) is 4.99 Å². The highest BCUT2D eigenvalue weighted by atomic mass is 79.9. The number of nitrogens with zero attached hydrogens (tertiary/aromatic N) is 2. The number of halogens is 1. The van der Waals surface area contributed by atoms with Crippen LogP contribution in [0.25, 0.3) is 0 Å². The van der Waals surface area contributed by atoms with E-state index in [2.05, 4.69) is 46.2 Å². The Morgan fingerprint density at radius 1 is 1.18 bits per heavy atom. The summed E-state index contributed by atoms with van der Waals surface area (Å²) in [5.74, 6) is -0.394. The summed E-state index contributed by atoms with van der Waals surface area (Å²) in [6.45, 7) is 6.65. The lowest BCUT2D eigenvalue weighted by atomic mass is 10.1. The summed E-state index contributed by atoms with van der Waals surface area (Å²) in [4.78, 5) is 31.1. The summed E-state index contributed by atoms with van der Waals surface area (Å²) in [5.41, 5.74) is 3.91. The van der Waals surface area contributed by atoms with Gasteiger partial charge in [-0.1, -0.05) is 33.8 Å². The van der Waals surface area contributed by atoms with Crippen molar-refractivity contribution >= 4 is 56.0 Å². The van der Waals surface area contributed by atoms with Crippen LogP contribution in [-0.2, 0) is 9.59 Å². The number of imide groups is 1. The van der Waals surface area contributed by atoms with Gasteiger partial charge in [-0.2, -0.15) is 0 Å². The highest BCUT2D eigenvalue weighted by Crippen LogP contribution is 2.31. The van der Waals surface area contributed by atoms with Gasteiger partial charge in [-0.3, -0.25) is 14.6 Å². The van der Waals surface area contributed by atoms with Crippen LogP contribution in [0, 0.1) is 13.8 Å². The molecule has 146 valence electrons. The Bertz CT molecular complexity index is 928. The van der Waals surface area contributed by atoms with Crippen LogP contribution < -0.4 is 10.2 Å². The fourth-order valence-electron chi connectivity index (χ4n) is 2.88. The van der Waals surface area contributed by atoms with E-state index in [1.807, 2.05) is 31.2 Å². The number of carbonyl (C=O) groups excluding carboxylic acids is 2. The van der Waals surface area contributed by atoms with Crippen LogP contribution in [-0.4, -0.2) is 28.8 Å². The number of hydrogen-bond acceptors (Lipinski definition) is 4. The third-order valence-electron chi connectivity index (χ3n) is 4.50. The fourth-order valence-corrected chi connectivity index (χ4v) is 4.23. The van der Waals surface area contributed by atoms with Crippen molar-refractivity contribution in [3.05, 3.63) is 58.1 Å². The van der Waals surface area contributed by atoms with Crippen molar-refractivity contribution in [2.75, 3.05) is 16.8 Å². The molecule has 5 nitrogen and oxygen atoms in total. The molecule has 1 aliphatic rings. The highest BCUT2D eigenvalue weighted by molar-refractivity contribution is 9.10. The molecule has 2 aromatic rings. The van der Waals surface area contributed by atoms with Gasteiger partial charge in [-0.05, 0) is 68.3 Å². The molecule has 0 aliphatic carbocycles. The van der Waals surface area contributed by atoms with Crippen molar-refractivity contribution in [3.63, 3.8) is 0 Å². The third-order valence-corrected chi connectivity index (χ3v) is 6.14. The number of benzene rings is 2. The number of anilines is 2. The van der Waals surface area contributed by atoms with Crippen LogP contribution >= 0.6 is 27.7 Å². The first kappa shape index (κ1) is 20.6. The Labute approximate surface area is 177 Å². The first-order valence-electron chi connectivity index (χ1n) is 9.06. The number of thioether (sulfide) groups is 1. The molecule has 28 heavy (non-hydrogen) atoms. The predicted molar refractivity (Wildman–Crippen MR) is 120 cm³/mol. The zero-order valence-electron chi connectivity index (χ0n) is 16.0. The second-order valence-electron chi connectivity index (χ2n) is 6.56. The van der Waals surface area contributed by atoms with Crippen molar-refractivity contribution in [1.29, 1.82) is 0 Å². The lowest BCUT2D eigenvalue weighted by molar-refractivity contribution is -0.121. The minimum absolute atomic E-state index is 0.164. The Kier molecular flexibility index (Phi) is 6.57. The van der Waals surface area contributed by atoms with Gasteiger partial charge in [0.1, 0.15) is 5.25 Å². The molecule has 1 aliphatic heterocycles. The SMILES string of the molecule is CCN=C(Nc1ccc(C)c(C)c1)S[C@H]1CC(=O)N(c2ccc(Br)cc2)C1=O. The molecule has 0 spiro atoms. The second-order valence-corrected chi connectivity index (χ2v) is 8.67. The largest absolute Gasteiger partial charge is 0.335 e. The number of aliphatic imine (C=N–C) groups is 1. The summed E-state index contributed by atoms with van der Waals surface area (Å²) in [6, 6.07) is 13.3. The molecule has 0 unspecified atom stereocenters. The lowest BCUT2D eigenvalue weighted by Crippen LogP contribution is -2.31. The maximum absolute atomic E-state index is 12.9.